The second kappa shape index (κ2) is 14.5. The van der Waals surface area contributed by atoms with E-state index in [1.807, 2.05) is 13.0 Å². The number of esters is 1. The fourth-order valence-electron chi connectivity index (χ4n) is 12.0. The van der Waals surface area contributed by atoms with Crippen LogP contribution >= 0.6 is 0 Å². The quantitative estimate of drug-likeness (QED) is 0.164. The maximum atomic E-state index is 14.7. The molecule has 4 saturated carbocycles. The van der Waals surface area contributed by atoms with E-state index in [9.17, 15) is 24.3 Å². The highest BCUT2D eigenvalue weighted by Crippen LogP contribution is 2.75. The number of hydrogen-bond acceptors (Lipinski definition) is 8. The van der Waals surface area contributed by atoms with E-state index in [1.54, 1.807) is 14.0 Å². The van der Waals surface area contributed by atoms with Gasteiger partial charge < -0.3 is 29.4 Å². The smallest absolute Gasteiger partial charge is 0.310 e. The van der Waals surface area contributed by atoms with Crippen molar-refractivity contribution in [2.75, 3.05) is 46.7 Å². The number of carboxylic acids is 1. The molecule has 5 aliphatic carbocycles. The molecule has 10 atom stereocenters. The number of carbonyl (C=O) groups excluding carboxylic acids is 3. The molecule has 2 N–H and O–H groups in total. The van der Waals surface area contributed by atoms with Crippen LogP contribution in [0.25, 0.3) is 0 Å². The van der Waals surface area contributed by atoms with Crippen LogP contribution in [0.2, 0.25) is 0 Å². The maximum Gasteiger partial charge on any atom is 0.310 e. The number of allylic oxidation sites excluding steroid dienone is 2. The van der Waals surface area contributed by atoms with Gasteiger partial charge >= 0.3 is 11.9 Å². The van der Waals surface area contributed by atoms with Gasteiger partial charge in [0.1, 0.15) is 0 Å². The fourth-order valence-corrected chi connectivity index (χ4v) is 12.0. The molecule has 0 aromatic carbocycles. The number of ether oxygens (including phenoxy) is 4. The van der Waals surface area contributed by atoms with E-state index in [4.69, 9.17) is 18.9 Å². The highest BCUT2D eigenvalue weighted by Gasteiger charge is 2.70. The number of amides is 1. The van der Waals surface area contributed by atoms with Gasteiger partial charge in [0, 0.05) is 19.6 Å². The Kier molecular flexibility index (Phi) is 11.3. The number of aliphatic carboxylic acids is 1. The summed E-state index contributed by atoms with van der Waals surface area (Å²) in [4.78, 5) is 53.7. The van der Waals surface area contributed by atoms with E-state index in [-0.39, 0.29) is 63.0 Å². The molecular formula is C41H65NO9. The van der Waals surface area contributed by atoms with Crippen LogP contribution in [0.1, 0.15) is 113 Å². The van der Waals surface area contributed by atoms with E-state index < -0.39 is 22.9 Å². The topological polar surface area (TPSA) is 137 Å². The van der Waals surface area contributed by atoms with E-state index in [2.05, 4.69) is 46.9 Å². The molecule has 5 rings (SSSR count). The van der Waals surface area contributed by atoms with Gasteiger partial charge in [-0.25, -0.2) is 0 Å². The molecule has 0 aliphatic heterocycles. The lowest BCUT2D eigenvalue weighted by Gasteiger charge is -2.70. The highest BCUT2D eigenvalue weighted by molar-refractivity contribution is 5.96. The number of hydrogen-bond donors (Lipinski definition) is 2. The number of rotatable bonds is 13. The minimum absolute atomic E-state index is 0.00654. The molecule has 4 fully saturated rings. The van der Waals surface area contributed by atoms with Crippen molar-refractivity contribution in [1.29, 1.82) is 0 Å². The first-order valence-corrected chi connectivity index (χ1v) is 19.4. The molecule has 0 spiro atoms. The summed E-state index contributed by atoms with van der Waals surface area (Å²) >= 11 is 0. The molecule has 0 saturated heterocycles. The molecule has 0 bridgehead atoms. The van der Waals surface area contributed by atoms with Gasteiger partial charge in [0.05, 0.1) is 44.4 Å². The summed E-state index contributed by atoms with van der Waals surface area (Å²) in [6.45, 7) is 19.7. The Labute approximate surface area is 305 Å². The number of carboxylic acid groups (broad SMARTS) is 1. The molecule has 0 aromatic rings. The molecule has 10 nitrogen and oxygen atoms in total. The zero-order valence-electron chi connectivity index (χ0n) is 32.8. The highest BCUT2D eigenvalue weighted by atomic mass is 16.6. The Bertz CT molecular complexity index is 1390. The predicted octanol–water partition coefficient (Wildman–Crippen LogP) is 6.40. The SMILES string of the molecule is COCCOCCOCCNC(=O)C(C)OC(=O)[C@H]1CC[C@]2(C)[C@H]3C(=O)C=C4[C@@H]5C[C@@](C)(C(=O)O)CC[C@]5(C)CC[C@@]4(C)[C@]3(C)CC[C@H]2C1(C)C. The Morgan fingerprint density at radius 2 is 1.53 bits per heavy atom. The van der Waals surface area contributed by atoms with Crippen molar-refractivity contribution < 1.29 is 43.2 Å². The molecular weight excluding hydrogens is 650 g/mol. The van der Waals surface area contributed by atoms with E-state index in [0.29, 0.717) is 58.8 Å². The number of methoxy groups -OCH3 is 1. The van der Waals surface area contributed by atoms with E-state index in [0.717, 1.165) is 38.5 Å². The molecule has 0 heterocycles. The number of fused-ring (bicyclic) bond motifs is 7. The summed E-state index contributed by atoms with van der Waals surface area (Å²) in [5.74, 6) is -1.62. The number of carbonyl (C=O) groups is 4. The molecule has 5 aliphatic rings. The van der Waals surface area contributed by atoms with Gasteiger partial charge in [-0.15, -0.1) is 0 Å². The van der Waals surface area contributed by atoms with Crippen molar-refractivity contribution in [3.63, 3.8) is 0 Å². The Balaban J connectivity index is 1.27. The first kappa shape index (κ1) is 39.9. The average molecular weight is 716 g/mol. The summed E-state index contributed by atoms with van der Waals surface area (Å²) in [5, 5.41) is 13.0. The third-order valence-corrected chi connectivity index (χ3v) is 15.4. The van der Waals surface area contributed by atoms with Crippen LogP contribution < -0.4 is 5.32 Å². The summed E-state index contributed by atoms with van der Waals surface area (Å²) in [6.07, 6.45) is 8.33. The lowest BCUT2D eigenvalue weighted by atomic mass is 9.33. The molecule has 1 unspecified atom stereocenters. The Morgan fingerprint density at radius 3 is 2.20 bits per heavy atom. The van der Waals surface area contributed by atoms with E-state index in [1.165, 1.54) is 5.57 Å². The largest absolute Gasteiger partial charge is 0.481 e. The van der Waals surface area contributed by atoms with Crippen molar-refractivity contribution >= 4 is 23.6 Å². The van der Waals surface area contributed by atoms with Crippen LogP contribution in [0.15, 0.2) is 11.6 Å². The van der Waals surface area contributed by atoms with Gasteiger partial charge in [-0.2, -0.15) is 0 Å². The first-order chi connectivity index (χ1) is 23.8. The summed E-state index contributed by atoms with van der Waals surface area (Å²) in [7, 11) is 1.62. The first-order valence-electron chi connectivity index (χ1n) is 19.4. The van der Waals surface area contributed by atoms with Crippen LogP contribution in [0.5, 0.6) is 0 Å². The molecule has 10 heteroatoms. The summed E-state index contributed by atoms with van der Waals surface area (Å²) in [6, 6.07) is 0. The van der Waals surface area contributed by atoms with Crippen LogP contribution in [-0.2, 0) is 38.1 Å². The average Bonchev–Trinajstić information content (AvgIpc) is 3.05. The van der Waals surface area contributed by atoms with Crippen molar-refractivity contribution in [3.8, 4) is 0 Å². The standard InChI is InChI=1S/C41H65NO9/c1-26(33(44)42-18-19-49-22-23-50-21-20-48-9)51-34(45)27-10-12-39(6)31(36(27,2)3)11-13-41(8)32(39)30(43)24-28-29-25-38(5,35(46)47)15-14-37(29,4)16-17-40(28,41)7/h24,26-27,29,31-32H,10-23,25H2,1-9H3,(H,42,44)(H,46,47)/t26?,27-,29+,31+,32-,37-,38+,39+,40-,41-/m1/s1. The molecule has 288 valence electrons. The van der Waals surface area contributed by atoms with Crippen molar-refractivity contribution in [2.24, 2.45) is 56.2 Å². The molecule has 1 amide bonds. The third-order valence-electron chi connectivity index (χ3n) is 15.4. The second-order valence-electron chi connectivity index (χ2n) is 18.6. The van der Waals surface area contributed by atoms with Gasteiger partial charge in [-0.3, -0.25) is 19.2 Å². The van der Waals surface area contributed by atoms with Gasteiger partial charge in [-0.1, -0.05) is 47.1 Å². The maximum absolute atomic E-state index is 14.7. The normalized spacial score (nSPS) is 40.4. The van der Waals surface area contributed by atoms with Crippen LogP contribution in [0, 0.1) is 56.2 Å². The second-order valence-corrected chi connectivity index (χ2v) is 18.6. The van der Waals surface area contributed by atoms with Gasteiger partial charge in [-0.05, 0) is 117 Å². The summed E-state index contributed by atoms with van der Waals surface area (Å²) < 4.78 is 21.6. The monoisotopic (exact) mass is 715 g/mol. The van der Waals surface area contributed by atoms with E-state index >= 15 is 0 Å². The minimum atomic E-state index is -0.933. The van der Waals surface area contributed by atoms with Crippen molar-refractivity contribution in [2.45, 2.75) is 119 Å². The zero-order chi connectivity index (χ0) is 37.6. The lowest BCUT2D eigenvalue weighted by Crippen LogP contribution is -2.66. The number of ketones is 1. The van der Waals surface area contributed by atoms with Gasteiger partial charge in [0.15, 0.2) is 11.9 Å². The predicted molar refractivity (Wildman–Crippen MR) is 193 cm³/mol. The fraction of sp³-hybridized carbons (Fsp3) is 0.854. The summed E-state index contributed by atoms with van der Waals surface area (Å²) in [5.41, 5.74) is -0.791. The van der Waals surface area contributed by atoms with Crippen molar-refractivity contribution in [3.05, 3.63) is 11.6 Å². The lowest BCUT2D eigenvalue weighted by molar-refractivity contribution is -0.201. The third kappa shape index (κ3) is 6.84. The molecule has 0 radical (unpaired) electrons. The minimum Gasteiger partial charge on any atom is -0.481 e. The molecule has 51 heavy (non-hydrogen) atoms. The molecule has 0 aromatic heterocycles. The van der Waals surface area contributed by atoms with Crippen molar-refractivity contribution in [1.82, 2.24) is 5.32 Å². The van der Waals surface area contributed by atoms with Gasteiger partial charge in [0.25, 0.3) is 5.91 Å². The Hall–Kier alpha value is -2.30. The Morgan fingerprint density at radius 1 is 0.882 bits per heavy atom. The zero-order valence-corrected chi connectivity index (χ0v) is 32.8. The van der Waals surface area contributed by atoms with Gasteiger partial charge in [0.2, 0.25) is 0 Å². The van der Waals surface area contributed by atoms with Crippen LogP contribution in [-0.4, -0.2) is 81.5 Å². The van der Waals surface area contributed by atoms with Crippen LogP contribution in [0.4, 0.5) is 0 Å². The van der Waals surface area contributed by atoms with Crippen LogP contribution in [0.3, 0.4) is 0 Å². The number of nitrogens with one attached hydrogen (secondary N) is 1.